The number of rotatable bonds is 3. The molecule has 0 amide bonds. The monoisotopic (exact) mass is 223 g/mol. The van der Waals surface area contributed by atoms with Gasteiger partial charge in [0.2, 0.25) is 0 Å². The van der Waals surface area contributed by atoms with E-state index in [9.17, 15) is 0 Å². The summed E-state index contributed by atoms with van der Waals surface area (Å²) in [7, 11) is 0. The third-order valence-corrected chi connectivity index (χ3v) is 4.48. The first-order valence-electron chi connectivity index (χ1n) is 5.86. The molecule has 1 aliphatic rings. The van der Waals surface area contributed by atoms with E-state index in [0.717, 1.165) is 6.04 Å². The molecule has 1 nitrogen and oxygen atoms in total. The zero-order chi connectivity index (χ0) is 10.9. The van der Waals surface area contributed by atoms with Crippen molar-refractivity contribution in [3.05, 3.63) is 22.4 Å². The smallest absolute Gasteiger partial charge is 0.0388 e. The topological polar surface area (TPSA) is 12.0 Å². The summed E-state index contributed by atoms with van der Waals surface area (Å²) in [6.45, 7) is 7.03. The zero-order valence-electron chi connectivity index (χ0n) is 9.92. The standard InChI is InChI=1S/C13H21NS/c1-10(12-5-4-8-15-12)14-11-6-7-13(2,3)9-11/h4-5,8,10-11,14H,6-7,9H2,1-3H3/t10-,11?/m1/s1. The molecular weight excluding hydrogens is 202 g/mol. The van der Waals surface area contributed by atoms with Gasteiger partial charge in [0.15, 0.2) is 0 Å². The third-order valence-electron chi connectivity index (χ3n) is 3.42. The number of nitrogens with one attached hydrogen (secondary N) is 1. The van der Waals surface area contributed by atoms with Crippen LogP contribution in [-0.4, -0.2) is 6.04 Å². The fraction of sp³-hybridized carbons (Fsp3) is 0.692. The number of hydrogen-bond donors (Lipinski definition) is 1. The Labute approximate surface area is 96.9 Å². The van der Waals surface area contributed by atoms with Crippen molar-refractivity contribution in [1.29, 1.82) is 0 Å². The lowest BCUT2D eigenvalue weighted by atomic mass is 9.92. The summed E-state index contributed by atoms with van der Waals surface area (Å²) >= 11 is 1.85. The van der Waals surface area contributed by atoms with E-state index in [-0.39, 0.29) is 0 Å². The molecule has 2 heteroatoms. The van der Waals surface area contributed by atoms with Crippen molar-refractivity contribution < 1.29 is 0 Å². The van der Waals surface area contributed by atoms with E-state index >= 15 is 0 Å². The van der Waals surface area contributed by atoms with Gasteiger partial charge in [0.25, 0.3) is 0 Å². The second kappa shape index (κ2) is 4.26. The summed E-state index contributed by atoms with van der Waals surface area (Å²) in [6.07, 6.45) is 4.02. The zero-order valence-corrected chi connectivity index (χ0v) is 10.7. The van der Waals surface area contributed by atoms with Gasteiger partial charge in [0.1, 0.15) is 0 Å². The molecule has 1 heterocycles. The molecule has 2 atom stereocenters. The third kappa shape index (κ3) is 2.82. The Kier molecular flexibility index (Phi) is 3.17. The molecular formula is C13H21NS. The Morgan fingerprint density at radius 2 is 2.33 bits per heavy atom. The van der Waals surface area contributed by atoms with Crippen LogP contribution >= 0.6 is 11.3 Å². The molecule has 0 aromatic carbocycles. The van der Waals surface area contributed by atoms with E-state index in [1.165, 1.54) is 24.1 Å². The van der Waals surface area contributed by atoms with Gasteiger partial charge in [-0.2, -0.15) is 0 Å². The molecule has 1 saturated carbocycles. The van der Waals surface area contributed by atoms with E-state index in [2.05, 4.69) is 43.6 Å². The molecule has 0 aliphatic heterocycles. The Bertz CT molecular complexity index is 302. The average molecular weight is 223 g/mol. The molecule has 1 aromatic rings. The summed E-state index contributed by atoms with van der Waals surface area (Å²) < 4.78 is 0. The summed E-state index contributed by atoms with van der Waals surface area (Å²) in [5.74, 6) is 0. The minimum Gasteiger partial charge on any atom is -0.307 e. The highest BCUT2D eigenvalue weighted by atomic mass is 32.1. The minimum absolute atomic E-state index is 0.518. The van der Waals surface area contributed by atoms with Gasteiger partial charge in [-0.1, -0.05) is 19.9 Å². The molecule has 1 aromatic heterocycles. The first kappa shape index (κ1) is 11.2. The highest BCUT2D eigenvalue weighted by Gasteiger charge is 2.31. The van der Waals surface area contributed by atoms with Crippen molar-refractivity contribution >= 4 is 11.3 Å². The molecule has 2 rings (SSSR count). The summed E-state index contributed by atoms with van der Waals surface area (Å²) in [6, 6.07) is 5.60. The predicted octanol–water partition coefficient (Wildman–Crippen LogP) is 3.98. The van der Waals surface area contributed by atoms with E-state index in [0.29, 0.717) is 11.5 Å². The number of hydrogen-bond acceptors (Lipinski definition) is 2. The molecule has 0 bridgehead atoms. The Morgan fingerprint density at radius 3 is 2.87 bits per heavy atom. The molecule has 0 spiro atoms. The average Bonchev–Trinajstić information content (AvgIpc) is 2.74. The Hall–Kier alpha value is -0.340. The molecule has 1 fully saturated rings. The molecule has 1 N–H and O–H groups in total. The van der Waals surface area contributed by atoms with Crippen molar-refractivity contribution in [2.75, 3.05) is 0 Å². The first-order valence-corrected chi connectivity index (χ1v) is 6.74. The molecule has 15 heavy (non-hydrogen) atoms. The lowest BCUT2D eigenvalue weighted by molar-refractivity contribution is 0.357. The quantitative estimate of drug-likeness (QED) is 0.817. The van der Waals surface area contributed by atoms with E-state index in [4.69, 9.17) is 0 Å². The molecule has 84 valence electrons. The summed E-state index contributed by atoms with van der Waals surface area (Å²) in [4.78, 5) is 1.46. The van der Waals surface area contributed by atoms with Crippen molar-refractivity contribution in [2.24, 2.45) is 5.41 Å². The van der Waals surface area contributed by atoms with Crippen LogP contribution < -0.4 is 5.32 Å². The SMILES string of the molecule is C[C@@H](NC1CCC(C)(C)C1)c1cccs1. The first-order chi connectivity index (χ1) is 7.07. The van der Waals surface area contributed by atoms with Crippen molar-refractivity contribution in [2.45, 2.75) is 52.1 Å². The van der Waals surface area contributed by atoms with Crippen molar-refractivity contribution in [3.8, 4) is 0 Å². The summed E-state index contributed by atoms with van der Waals surface area (Å²) in [5, 5.41) is 5.91. The Morgan fingerprint density at radius 1 is 1.53 bits per heavy atom. The molecule has 0 saturated heterocycles. The van der Waals surface area contributed by atoms with E-state index in [1.807, 2.05) is 11.3 Å². The molecule has 0 radical (unpaired) electrons. The maximum Gasteiger partial charge on any atom is 0.0388 e. The van der Waals surface area contributed by atoms with Crippen LogP contribution in [0.5, 0.6) is 0 Å². The molecule has 1 aliphatic carbocycles. The lowest BCUT2D eigenvalue weighted by Crippen LogP contribution is -2.29. The highest BCUT2D eigenvalue weighted by Crippen LogP contribution is 2.37. The van der Waals surface area contributed by atoms with Crippen LogP contribution in [0.3, 0.4) is 0 Å². The van der Waals surface area contributed by atoms with Gasteiger partial charge >= 0.3 is 0 Å². The fourth-order valence-corrected chi connectivity index (χ4v) is 3.30. The van der Waals surface area contributed by atoms with E-state index in [1.54, 1.807) is 0 Å². The van der Waals surface area contributed by atoms with Gasteiger partial charge in [-0.05, 0) is 43.0 Å². The van der Waals surface area contributed by atoms with Gasteiger partial charge in [-0.3, -0.25) is 0 Å². The van der Waals surface area contributed by atoms with Crippen LogP contribution in [0.2, 0.25) is 0 Å². The normalized spacial score (nSPS) is 26.7. The van der Waals surface area contributed by atoms with Crippen LogP contribution in [0.25, 0.3) is 0 Å². The maximum absolute atomic E-state index is 3.75. The Balaban J connectivity index is 1.88. The highest BCUT2D eigenvalue weighted by molar-refractivity contribution is 7.10. The van der Waals surface area contributed by atoms with Crippen molar-refractivity contribution in [3.63, 3.8) is 0 Å². The lowest BCUT2D eigenvalue weighted by Gasteiger charge is -2.21. The fourth-order valence-electron chi connectivity index (χ4n) is 2.55. The van der Waals surface area contributed by atoms with Crippen LogP contribution in [0, 0.1) is 5.41 Å². The van der Waals surface area contributed by atoms with Crippen LogP contribution in [-0.2, 0) is 0 Å². The van der Waals surface area contributed by atoms with Gasteiger partial charge in [-0.15, -0.1) is 11.3 Å². The van der Waals surface area contributed by atoms with Crippen LogP contribution in [0.15, 0.2) is 17.5 Å². The van der Waals surface area contributed by atoms with Gasteiger partial charge < -0.3 is 5.32 Å². The largest absolute Gasteiger partial charge is 0.307 e. The van der Waals surface area contributed by atoms with Gasteiger partial charge in [-0.25, -0.2) is 0 Å². The predicted molar refractivity (Wildman–Crippen MR) is 67.3 cm³/mol. The van der Waals surface area contributed by atoms with Crippen molar-refractivity contribution in [1.82, 2.24) is 5.32 Å². The second-order valence-electron chi connectivity index (χ2n) is 5.51. The van der Waals surface area contributed by atoms with Crippen LogP contribution in [0.1, 0.15) is 51.0 Å². The summed E-state index contributed by atoms with van der Waals surface area (Å²) in [5.41, 5.74) is 0.548. The number of thiophene rings is 1. The van der Waals surface area contributed by atoms with Gasteiger partial charge in [0, 0.05) is 17.0 Å². The second-order valence-corrected chi connectivity index (χ2v) is 6.49. The maximum atomic E-state index is 3.75. The van der Waals surface area contributed by atoms with Gasteiger partial charge in [0.05, 0.1) is 0 Å². The minimum atomic E-state index is 0.518. The van der Waals surface area contributed by atoms with Crippen LogP contribution in [0.4, 0.5) is 0 Å². The molecule has 1 unspecified atom stereocenters. The van der Waals surface area contributed by atoms with E-state index < -0.39 is 0 Å².